The molecule has 15 heavy (non-hydrogen) atoms. The van der Waals surface area contributed by atoms with Gasteiger partial charge >= 0.3 is 5.97 Å². The van der Waals surface area contributed by atoms with Crippen LogP contribution in [-0.4, -0.2) is 17.6 Å². The smallest absolute Gasteiger partial charge is 0.315 e. The van der Waals surface area contributed by atoms with Crippen LogP contribution in [0, 0.1) is 0 Å². The molecule has 0 saturated heterocycles. The van der Waals surface area contributed by atoms with Crippen molar-refractivity contribution in [3.63, 3.8) is 0 Å². The van der Waals surface area contributed by atoms with Crippen molar-refractivity contribution in [1.82, 2.24) is 4.98 Å². The fourth-order valence-electron chi connectivity index (χ4n) is 1.91. The summed E-state index contributed by atoms with van der Waals surface area (Å²) in [4.78, 5) is 17.1. The summed E-state index contributed by atoms with van der Waals surface area (Å²) in [5, 5.41) is 0.552. The Morgan fingerprint density at radius 1 is 1.73 bits per heavy atom. The molecule has 1 heterocycles. The number of hydrogen-bond donors (Lipinski definition) is 1. The summed E-state index contributed by atoms with van der Waals surface area (Å²) in [5.41, 5.74) is 6.50. The third-order valence-electron chi connectivity index (χ3n) is 2.54. The number of thiazole rings is 1. The third kappa shape index (κ3) is 1.97. The average Bonchev–Trinajstić information content (AvgIpc) is 2.57. The van der Waals surface area contributed by atoms with E-state index >= 15 is 0 Å². The van der Waals surface area contributed by atoms with Crippen molar-refractivity contribution in [1.29, 1.82) is 0 Å². The standard InChI is InChI=1S/C10H14N2O2S/c1-2-14-9(13)6-4-3-5-7-8(6)12-10(11)15-7/h6H,2-5H2,1H3,(H2,11,12)/t6-/m1/s1. The number of nitrogen functional groups attached to an aromatic ring is 1. The molecule has 82 valence electrons. The quantitative estimate of drug-likeness (QED) is 0.780. The van der Waals surface area contributed by atoms with Crippen LogP contribution in [0.4, 0.5) is 5.13 Å². The summed E-state index contributed by atoms with van der Waals surface area (Å²) in [6.07, 6.45) is 2.83. The molecule has 2 N–H and O–H groups in total. The molecule has 0 fully saturated rings. The summed E-state index contributed by atoms with van der Waals surface area (Å²) in [5.74, 6) is -0.356. The van der Waals surface area contributed by atoms with E-state index in [-0.39, 0.29) is 11.9 Å². The SMILES string of the molecule is CCOC(=O)[C@@H]1CCCc2sc(N)nc21. The number of nitrogens with two attached hydrogens (primary N) is 1. The minimum absolute atomic E-state index is 0.163. The Labute approximate surface area is 92.5 Å². The number of anilines is 1. The average molecular weight is 226 g/mol. The zero-order valence-electron chi connectivity index (χ0n) is 8.66. The highest BCUT2D eigenvalue weighted by Gasteiger charge is 2.30. The van der Waals surface area contributed by atoms with Crippen LogP contribution in [0.25, 0.3) is 0 Å². The van der Waals surface area contributed by atoms with Gasteiger partial charge in [0.25, 0.3) is 0 Å². The van der Waals surface area contributed by atoms with Gasteiger partial charge in [0.05, 0.1) is 12.3 Å². The summed E-state index contributed by atoms with van der Waals surface area (Å²) >= 11 is 1.49. The summed E-state index contributed by atoms with van der Waals surface area (Å²) in [7, 11) is 0. The molecule has 5 heteroatoms. The largest absolute Gasteiger partial charge is 0.465 e. The van der Waals surface area contributed by atoms with Gasteiger partial charge in [-0.1, -0.05) is 0 Å². The summed E-state index contributed by atoms with van der Waals surface area (Å²) in [6, 6.07) is 0. The molecule has 1 aliphatic rings. The number of carbonyl (C=O) groups is 1. The molecule has 0 bridgehead atoms. The lowest BCUT2D eigenvalue weighted by atomic mass is 9.91. The lowest BCUT2D eigenvalue weighted by Gasteiger charge is -2.18. The first-order valence-electron chi connectivity index (χ1n) is 5.14. The molecule has 1 atom stereocenters. The van der Waals surface area contributed by atoms with E-state index in [1.165, 1.54) is 11.3 Å². The lowest BCUT2D eigenvalue weighted by Crippen LogP contribution is -2.20. The van der Waals surface area contributed by atoms with Crippen LogP contribution < -0.4 is 5.73 Å². The van der Waals surface area contributed by atoms with Crippen LogP contribution in [0.3, 0.4) is 0 Å². The number of aromatic nitrogens is 1. The Balaban J connectivity index is 2.25. The van der Waals surface area contributed by atoms with E-state index in [1.54, 1.807) is 0 Å². The van der Waals surface area contributed by atoms with E-state index in [1.807, 2.05) is 6.92 Å². The van der Waals surface area contributed by atoms with Gasteiger partial charge in [-0.25, -0.2) is 4.98 Å². The van der Waals surface area contributed by atoms with Gasteiger partial charge in [0.1, 0.15) is 5.92 Å². The van der Waals surface area contributed by atoms with Crippen molar-refractivity contribution in [3.05, 3.63) is 10.6 Å². The van der Waals surface area contributed by atoms with Crippen LogP contribution in [0.15, 0.2) is 0 Å². The fourth-order valence-corrected chi connectivity index (χ4v) is 2.84. The van der Waals surface area contributed by atoms with Gasteiger partial charge in [-0.15, -0.1) is 11.3 Å². The Hall–Kier alpha value is -1.10. The Morgan fingerprint density at radius 3 is 3.27 bits per heavy atom. The number of aryl methyl sites for hydroxylation is 1. The predicted molar refractivity (Wildman–Crippen MR) is 58.8 cm³/mol. The molecular formula is C10H14N2O2S. The molecule has 1 aliphatic carbocycles. The van der Waals surface area contributed by atoms with E-state index < -0.39 is 0 Å². The number of carbonyl (C=O) groups excluding carboxylic acids is 1. The number of nitrogens with zero attached hydrogens (tertiary/aromatic N) is 1. The van der Waals surface area contributed by atoms with Crippen molar-refractivity contribution < 1.29 is 9.53 Å². The van der Waals surface area contributed by atoms with Crippen LogP contribution in [0.1, 0.15) is 36.3 Å². The molecular weight excluding hydrogens is 212 g/mol. The van der Waals surface area contributed by atoms with E-state index in [0.29, 0.717) is 11.7 Å². The van der Waals surface area contributed by atoms with Gasteiger partial charge in [-0.3, -0.25) is 4.79 Å². The normalized spacial score (nSPS) is 19.7. The van der Waals surface area contributed by atoms with E-state index in [2.05, 4.69) is 4.98 Å². The van der Waals surface area contributed by atoms with Crippen LogP contribution in [-0.2, 0) is 16.0 Å². The maximum Gasteiger partial charge on any atom is 0.315 e. The Bertz CT molecular complexity index is 375. The molecule has 0 aliphatic heterocycles. The zero-order valence-corrected chi connectivity index (χ0v) is 9.47. The number of fused-ring (bicyclic) bond motifs is 1. The first kappa shape index (κ1) is 10.4. The van der Waals surface area contributed by atoms with Crippen LogP contribution in [0.2, 0.25) is 0 Å². The van der Waals surface area contributed by atoms with Gasteiger partial charge in [-0.2, -0.15) is 0 Å². The van der Waals surface area contributed by atoms with Crippen molar-refractivity contribution in [2.75, 3.05) is 12.3 Å². The van der Waals surface area contributed by atoms with Gasteiger partial charge < -0.3 is 10.5 Å². The van der Waals surface area contributed by atoms with Crippen LogP contribution in [0.5, 0.6) is 0 Å². The number of rotatable bonds is 2. The number of hydrogen-bond acceptors (Lipinski definition) is 5. The molecule has 0 saturated carbocycles. The second-order valence-electron chi connectivity index (χ2n) is 3.56. The molecule has 0 aromatic carbocycles. The minimum atomic E-state index is -0.192. The monoisotopic (exact) mass is 226 g/mol. The van der Waals surface area contributed by atoms with Crippen molar-refractivity contribution in [2.24, 2.45) is 0 Å². The number of esters is 1. The second kappa shape index (κ2) is 4.18. The van der Waals surface area contributed by atoms with E-state index in [9.17, 15) is 4.79 Å². The van der Waals surface area contributed by atoms with Gasteiger partial charge in [0.15, 0.2) is 5.13 Å². The van der Waals surface area contributed by atoms with Gasteiger partial charge in [0.2, 0.25) is 0 Å². The van der Waals surface area contributed by atoms with Crippen molar-refractivity contribution in [3.8, 4) is 0 Å². The Morgan fingerprint density at radius 2 is 2.53 bits per heavy atom. The molecule has 0 spiro atoms. The molecule has 4 nitrogen and oxygen atoms in total. The van der Waals surface area contributed by atoms with E-state index in [0.717, 1.165) is 29.8 Å². The predicted octanol–water partition coefficient (Wildman–Crippen LogP) is 1.71. The number of ether oxygens (including phenoxy) is 1. The van der Waals surface area contributed by atoms with Crippen molar-refractivity contribution in [2.45, 2.75) is 32.1 Å². The third-order valence-corrected chi connectivity index (χ3v) is 3.50. The highest BCUT2D eigenvalue weighted by atomic mass is 32.1. The Kier molecular flexibility index (Phi) is 2.90. The van der Waals surface area contributed by atoms with Gasteiger partial charge in [-0.05, 0) is 26.2 Å². The highest BCUT2D eigenvalue weighted by molar-refractivity contribution is 7.15. The first-order valence-corrected chi connectivity index (χ1v) is 5.95. The fraction of sp³-hybridized carbons (Fsp3) is 0.600. The molecule has 1 aromatic rings. The first-order chi connectivity index (χ1) is 7.22. The molecule has 2 rings (SSSR count). The molecule has 0 unspecified atom stereocenters. The minimum Gasteiger partial charge on any atom is -0.465 e. The highest BCUT2D eigenvalue weighted by Crippen LogP contribution is 2.36. The second-order valence-corrected chi connectivity index (χ2v) is 4.67. The molecule has 1 aromatic heterocycles. The molecule has 0 radical (unpaired) electrons. The topological polar surface area (TPSA) is 65.2 Å². The molecule has 0 amide bonds. The van der Waals surface area contributed by atoms with E-state index in [4.69, 9.17) is 10.5 Å². The van der Waals surface area contributed by atoms with Gasteiger partial charge in [0, 0.05) is 4.88 Å². The summed E-state index contributed by atoms with van der Waals surface area (Å²) in [6.45, 7) is 2.24. The van der Waals surface area contributed by atoms with Crippen molar-refractivity contribution >= 4 is 22.4 Å². The van der Waals surface area contributed by atoms with Crippen LogP contribution >= 0.6 is 11.3 Å². The maximum absolute atomic E-state index is 11.7. The maximum atomic E-state index is 11.7. The lowest BCUT2D eigenvalue weighted by molar-refractivity contribution is -0.145. The summed E-state index contributed by atoms with van der Waals surface area (Å²) < 4.78 is 5.03. The zero-order chi connectivity index (χ0) is 10.8.